The second kappa shape index (κ2) is 8.77. The summed E-state index contributed by atoms with van der Waals surface area (Å²) in [5, 5.41) is 5.80. The normalized spacial score (nSPS) is 11.4. The topological polar surface area (TPSA) is 135 Å². The summed E-state index contributed by atoms with van der Waals surface area (Å²) in [7, 11) is 0. The van der Waals surface area contributed by atoms with Gasteiger partial charge in [0, 0.05) is 0 Å². The fraction of sp³-hybridized carbons (Fsp3) is 0.143. The number of nitrogens with zero attached hydrogens (tertiary/aromatic N) is 6. The van der Waals surface area contributed by atoms with E-state index in [1.165, 1.54) is 6.33 Å². The zero-order valence-corrected chi connectivity index (χ0v) is 21.0. The number of anilines is 1. The van der Waals surface area contributed by atoms with Crippen molar-refractivity contribution in [1.29, 1.82) is 0 Å². The van der Waals surface area contributed by atoms with E-state index in [0.29, 0.717) is 51.1 Å². The van der Waals surface area contributed by atoms with Crippen molar-refractivity contribution in [3.8, 4) is 17.1 Å². The molecule has 10 heteroatoms. The van der Waals surface area contributed by atoms with Crippen LogP contribution in [-0.2, 0) is 6.54 Å². The number of nitrogens with two attached hydrogens (primary N) is 1. The van der Waals surface area contributed by atoms with Gasteiger partial charge in [-0.3, -0.25) is 14.2 Å². The monoisotopic (exact) mass is 505 g/mol. The van der Waals surface area contributed by atoms with Crippen molar-refractivity contribution >= 4 is 34.0 Å². The van der Waals surface area contributed by atoms with Crippen molar-refractivity contribution in [3.63, 3.8) is 0 Å². The van der Waals surface area contributed by atoms with E-state index in [4.69, 9.17) is 20.2 Å². The largest absolute Gasteiger partial charge is 0.451 e. The van der Waals surface area contributed by atoms with Gasteiger partial charge in [0.1, 0.15) is 30.2 Å². The minimum absolute atomic E-state index is 0.112. The van der Waals surface area contributed by atoms with Gasteiger partial charge in [-0.15, -0.1) is 0 Å². The van der Waals surface area contributed by atoms with Crippen LogP contribution in [0.2, 0.25) is 0 Å². The van der Waals surface area contributed by atoms with Crippen LogP contribution in [0.4, 0.5) is 5.82 Å². The first-order valence-corrected chi connectivity index (χ1v) is 12.0. The molecule has 6 aromatic rings. The second-order valence-corrected chi connectivity index (χ2v) is 9.16. The Morgan fingerprint density at radius 2 is 1.76 bits per heavy atom. The van der Waals surface area contributed by atoms with E-state index in [0.717, 1.165) is 16.8 Å². The van der Waals surface area contributed by atoms with E-state index < -0.39 is 0 Å². The molecule has 0 amide bonds. The highest BCUT2D eigenvalue weighted by Crippen LogP contribution is 2.33. The Labute approximate surface area is 216 Å². The highest BCUT2D eigenvalue weighted by Gasteiger charge is 2.23. The van der Waals surface area contributed by atoms with Crippen LogP contribution >= 0.6 is 0 Å². The van der Waals surface area contributed by atoms with Crippen LogP contribution < -0.4 is 11.3 Å². The standard InChI is InChI=1S/C28H23N7O3/c1-15-7-4-5-10-19(15)35-22(32-18-9-6-8-16(2)23(18)28(35)37)12-34-27-24(26(29)30-14-31-27)25(33-34)20-11-17(3)21(13-36)38-20/h4-11,13-14H,12H2,1-3H3,(H2,29,30,31). The number of hydrogen-bond donors (Lipinski definition) is 1. The molecule has 0 radical (unpaired) electrons. The molecule has 0 saturated heterocycles. The van der Waals surface area contributed by atoms with Crippen molar-refractivity contribution < 1.29 is 9.21 Å². The highest BCUT2D eigenvalue weighted by atomic mass is 16.3. The second-order valence-electron chi connectivity index (χ2n) is 9.16. The lowest BCUT2D eigenvalue weighted by atomic mass is 10.1. The predicted octanol–water partition coefficient (Wildman–Crippen LogP) is 4.15. The van der Waals surface area contributed by atoms with Crippen LogP contribution in [0, 0.1) is 20.8 Å². The van der Waals surface area contributed by atoms with Crippen molar-refractivity contribution in [3.05, 3.63) is 93.5 Å². The summed E-state index contributed by atoms with van der Waals surface area (Å²) in [6.45, 7) is 5.74. The van der Waals surface area contributed by atoms with E-state index in [-0.39, 0.29) is 23.7 Å². The third-order valence-corrected chi connectivity index (χ3v) is 6.68. The molecule has 6 rings (SSSR count). The van der Waals surface area contributed by atoms with Crippen LogP contribution in [0.3, 0.4) is 0 Å². The fourth-order valence-electron chi connectivity index (χ4n) is 4.79. The number of hydrogen-bond acceptors (Lipinski definition) is 8. The molecule has 0 aliphatic carbocycles. The van der Waals surface area contributed by atoms with Gasteiger partial charge >= 0.3 is 0 Å². The van der Waals surface area contributed by atoms with Crippen LogP contribution in [0.5, 0.6) is 0 Å². The number of carbonyl (C=O) groups excluding carboxylic acids is 1. The van der Waals surface area contributed by atoms with Gasteiger partial charge in [0.05, 0.1) is 22.0 Å². The summed E-state index contributed by atoms with van der Waals surface area (Å²) in [4.78, 5) is 38.8. The van der Waals surface area contributed by atoms with E-state index in [2.05, 4.69) is 9.97 Å². The molecule has 0 aliphatic rings. The molecule has 188 valence electrons. The summed E-state index contributed by atoms with van der Waals surface area (Å²) in [5.74, 6) is 1.27. The first-order valence-electron chi connectivity index (χ1n) is 12.0. The van der Waals surface area contributed by atoms with E-state index in [1.54, 1.807) is 22.2 Å². The molecule has 4 heterocycles. The Bertz CT molecular complexity index is 1950. The van der Waals surface area contributed by atoms with Gasteiger partial charge in [-0.2, -0.15) is 5.10 Å². The number of carbonyl (C=O) groups is 1. The summed E-state index contributed by atoms with van der Waals surface area (Å²) in [6.07, 6.45) is 2.01. The summed E-state index contributed by atoms with van der Waals surface area (Å²) >= 11 is 0. The van der Waals surface area contributed by atoms with E-state index in [9.17, 15) is 9.59 Å². The number of fused-ring (bicyclic) bond motifs is 2. The molecule has 0 atom stereocenters. The van der Waals surface area contributed by atoms with Crippen LogP contribution in [0.1, 0.15) is 33.1 Å². The maximum Gasteiger partial charge on any atom is 0.266 e. The molecule has 0 saturated carbocycles. The maximum absolute atomic E-state index is 13.9. The van der Waals surface area contributed by atoms with E-state index >= 15 is 0 Å². The Morgan fingerprint density at radius 1 is 0.974 bits per heavy atom. The molecule has 10 nitrogen and oxygen atoms in total. The number of rotatable bonds is 5. The third kappa shape index (κ3) is 3.57. The smallest absolute Gasteiger partial charge is 0.266 e. The van der Waals surface area contributed by atoms with Crippen molar-refractivity contribution in [1.82, 2.24) is 29.3 Å². The third-order valence-electron chi connectivity index (χ3n) is 6.68. The van der Waals surface area contributed by atoms with Gasteiger partial charge in [0.2, 0.25) is 0 Å². The average molecular weight is 506 g/mol. The van der Waals surface area contributed by atoms with Crippen molar-refractivity contribution in [2.45, 2.75) is 27.3 Å². The summed E-state index contributed by atoms with van der Waals surface area (Å²) < 4.78 is 9.00. The molecule has 0 spiro atoms. The minimum Gasteiger partial charge on any atom is -0.451 e. The molecule has 0 bridgehead atoms. The van der Waals surface area contributed by atoms with Gasteiger partial charge in [0.15, 0.2) is 23.5 Å². The predicted molar refractivity (Wildman–Crippen MR) is 143 cm³/mol. The Morgan fingerprint density at radius 3 is 2.53 bits per heavy atom. The molecular formula is C28H23N7O3. The Hall–Kier alpha value is -5.12. The van der Waals surface area contributed by atoms with E-state index in [1.807, 2.05) is 56.3 Å². The highest BCUT2D eigenvalue weighted by molar-refractivity contribution is 5.97. The SMILES string of the molecule is Cc1ccccc1-n1c(Cn2nc(-c3cc(C)c(C=O)o3)c3c(N)ncnc32)nc2cccc(C)c2c1=O. The lowest BCUT2D eigenvalue weighted by Crippen LogP contribution is -2.26. The number of aryl methyl sites for hydroxylation is 3. The van der Waals surface area contributed by atoms with Crippen LogP contribution in [0.15, 0.2) is 64.1 Å². The lowest BCUT2D eigenvalue weighted by Gasteiger charge is -2.16. The van der Waals surface area contributed by atoms with Gasteiger partial charge < -0.3 is 10.2 Å². The quantitative estimate of drug-likeness (QED) is 0.345. The van der Waals surface area contributed by atoms with Gasteiger partial charge in [-0.1, -0.05) is 30.3 Å². The van der Waals surface area contributed by atoms with Crippen molar-refractivity contribution in [2.75, 3.05) is 5.73 Å². The average Bonchev–Trinajstić information content (AvgIpc) is 3.46. The number of benzene rings is 2. The Kier molecular flexibility index (Phi) is 5.37. The number of furan rings is 1. The summed E-state index contributed by atoms with van der Waals surface area (Å²) in [6, 6.07) is 15.0. The number of nitrogen functional groups attached to an aromatic ring is 1. The molecule has 0 aliphatic heterocycles. The van der Waals surface area contributed by atoms with Crippen molar-refractivity contribution in [2.24, 2.45) is 0 Å². The number of aromatic nitrogens is 6. The van der Waals surface area contributed by atoms with Gasteiger partial charge in [-0.25, -0.2) is 19.6 Å². The lowest BCUT2D eigenvalue weighted by molar-refractivity contribution is 0.110. The first-order chi connectivity index (χ1) is 18.4. The minimum atomic E-state index is -0.166. The first kappa shape index (κ1) is 23.3. The molecule has 38 heavy (non-hydrogen) atoms. The fourth-order valence-corrected chi connectivity index (χ4v) is 4.79. The Balaban J connectivity index is 1.62. The van der Waals surface area contributed by atoms with Crippen LogP contribution in [0.25, 0.3) is 39.1 Å². The molecule has 2 aromatic carbocycles. The van der Waals surface area contributed by atoms with Crippen LogP contribution in [-0.4, -0.2) is 35.6 Å². The summed E-state index contributed by atoms with van der Waals surface area (Å²) in [5.41, 5.74) is 10.7. The van der Waals surface area contributed by atoms with Gasteiger partial charge in [0.25, 0.3) is 5.56 Å². The zero-order valence-electron chi connectivity index (χ0n) is 21.0. The molecule has 0 fully saturated rings. The zero-order chi connectivity index (χ0) is 26.6. The number of aldehydes is 1. The molecule has 4 aromatic heterocycles. The number of para-hydroxylation sites is 1. The maximum atomic E-state index is 13.9. The molecule has 2 N–H and O–H groups in total. The molecule has 0 unspecified atom stereocenters. The van der Waals surface area contributed by atoms with Gasteiger partial charge in [-0.05, 0) is 55.7 Å². The molecular weight excluding hydrogens is 482 g/mol.